The van der Waals surface area contributed by atoms with Crippen LogP contribution in [0.15, 0.2) is 53.0 Å². The molecule has 3 nitrogen and oxygen atoms in total. The number of hydrogen-bond acceptors (Lipinski definition) is 2. The van der Waals surface area contributed by atoms with Gasteiger partial charge in [-0.15, -0.1) is 0 Å². The Bertz CT molecular complexity index is 584. The lowest BCUT2D eigenvalue weighted by atomic mass is 10.1. The molecule has 0 aromatic heterocycles. The van der Waals surface area contributed by atoms with Gasteiger partial charge in [0.25, 0.3) is 0 Å². The number of carbonyl (C=O) groups is 1. The molecular formula is C15H14BrNO2. The van der Waals surface area contributed by atoms with Gasteiger partial charge in [0, 0.05) is 10.0 Å². The van der Waals surface area contributed by atoms with Gasteiger partial charge in [0.15, 0.2) is 0 Å². The van der Waals surface area contributed by atoms with Crippen molar-refractivity contribution in [3.63, 3.8) is 0 Å². The first-order valence-corrected chi connectivity index (χ1v) is 6.68. The lowest BCUT2D eigenvalue weighted by molar-refractivity contribution is -0.117. The van der Waals surface area contributed by atoms with Gasteiger partial charge in [-0.1, -0.05) is 46.3 Å². The molecule has 1 amide bonds. The number of ether oxygens (including phenoxy) is 1. The van der Waals surface area contributed by atoms with Crippen LogP contribution in [0.1, 0.15) is 11.1 Å². The molecule has 0 aliphatic rings. The van der Waals surface area contributed by atoms with Crippen molar-refractivity contribution in [2.75, 3.05) is 0 Å². The first kappa shape index (κ1) is 13.6. The third-order valence-corrected chi connectivity index (χ3v) is 3.11. The summed E-state index contributed by atoms with van der Waals surface area (Å²) in [5.41, 5.74) is 7.09. The largest absolute Gasteiger partial charge is 0.489 e. The zero-order valence-electron chi connectivity index (χ0n) is 10.3. The Hall–Kier alpha value is -1.81. The van der Waals surface area contributed by atoms with E-state index in [4.69, 9.17) is 10.5 Å². The second-order valence-electron chi connectivity index (χ2n) is 4.17. The first-order chi connectivity index (χ1) is 9.15. The quantitative estimate of drug-likeness (QED) is 0.920. The van der Waals surface area contributed by atoms with Gasteiger partial charge >= 0.3 is 0 Å². The first-order valence-electron chi connectivity index (χ1n) is 5.88. The van der Waals surface area contributed by atoms with E-state index in [1.807, 2.05) is 48.5 Å². The topological polar surface area (TPSA) is 52.3 Å². The molecule has 0 fully saturated rings. The van der Waals surface area contributed by atoms with E-state index < -0.39 is 0 Å². The fourth-order valence-corrected chi connectivity index (χ4v) is 2.21. The summed E-state index contributed by atoms with van der Waals surface area (Å²) in [7, 11) is 0. The second-order valence-corrected chi connectivity index (χ2v) is 5.09. The molecule has 0 aliphatic carbocycles. The van der Waals surface area contributed by atoms with Crippen LogP contribution in [0.5, 0.6) is 5.75 Å². The van der Waals surface area contributed by atoms with Gasteiger partial charge in [-0.3, -0.25) is 4.79 Å². The van der Waals surface area contributed by atoms with E-state index in [0.717, 1.165) is 15.6 Å². The summed E-state index contributed by atoms with van der Waals surface area (Å²) in [6, 6.07) is 15.3. The zero-order chi connectivity index (χ0) is 13.7. The molecule has 0 atom stereocenters. The van der Waals surface area contributed by atoms with Crippen LogP contribution in [-0.2, 0) is 17.8 Å². The number of para-hydroxylation sites is 1. The monoisotopic (exact) mass is 319 g/mol. The number of nitrogens with two attached hydrogens (primary N) is 1. The maximum Gasteiger partial charge on any atom is 0.221 e. The molecule has 0 saturated carbocycles. The van der Waals surface area contributed by atoms with E-state index in [0.29, 0.717) is 12.4 Å². The van der Waals surface area contributed by atoms with E-state index in [1.54, 1.807) is 0 Å². The minimum absolute atomic E-state index is 0.189. The van der Waals surface area contributed by atoms with Gasteiger partial charge in [-0.25, -0.2) is 0 Å². The smallest absolute Gasteiger partial charge is 0.221 e. The molecule has 0 saturated heterocycles. The Morgan fingerprint density at radius 1 is 1.16 bits per heavy atom. The Morgan fingerprint density at radius 3 is 2.68 bits per heavy atom. The van der Waals surface area contributed by atoms with Crippen molar-refractivity contribution < 1.29 is 9.53 Å². The van der Waals surface area contributed by atoms with E-state index in [2.05, 4.69) is 15.9 Å². The van der Waals surface area contributed by atoms with Crippen molar-refractivity contribution in [1.29, 1.82) is 0 Å². The van der Waals surface area contributed by atoms with E-state index in [-0.39, 0.29) is 12.3 Å². The minimum atomic E-state index is -0.362. The molecule has 0 spiro atoms. The number of carbonyl (C=O) groups excluding carboxylic acids is 1. The van der Waals surface area contributed by atoms with Crippen LogP contribution in [0, 0.1) is 0 Å². The van der Waals surface area contributed by atoms with Crippen molar-refractivity contribution in [2.24, 2.45) is 5.73 Å². The molecule has 2 rings (SSSR count). The highest BCUT2D eigenvalue weighted by atomic mass is 79.9. The highest BCUT2D eigenvalue weighted by Crippen LogP contribution is 2.20. The standard InChI is InChI=1S/C15H14BrNO2/c16-13-6-3-4-11(8-13)10-19-14-7-2-1-5-12(14)9-15(17)18/h1-8H,9-10H2,(H2,17,18). The Kier molecular flexibility index (Phi) is 4.58. The van der Waals surface area contributed by atoms with Crippen LogP contribution in [0.2, 0.25) is 0 Å². The summed E-state index contributed by atoms with van der Waals surface area (Å²) >= 11 is 3.42. The van der Waals surface area contributed by atoms with Crippen molar-refractivity contribution in [3.05, 3.63) is 64.1 Å². The van der Waals surface area contributed by atoms with E-state index >= 15 is 0 Å². The molecule has 0 heterocycles. The Labute approximate surface area is 120 Å². The Balaban J connectivity index is 2.09. The number of amides is 1. The molecule has 2 aromatic rings. The molecule has 19 heavy (non-hydrogen) atoms. The van der Waals surface area contributed by atoms with Gasteiger partial charge < -0.3 is 10.5 Å². The van der Waals surface area contributed by atoms with Gasteiger partial charge in [-0.05, 0) is 23.8 Å². The zero-order valence-corrected chi connectivity index (χ0v) is 11.9. The van der Waals surface area contributed by atoms with Crippen molar-refractivity contribution in [2.45, 2.75) is 13.0 Å². The lowest BCUT2D eigenvalue weighted by Crippen LogP contribution is -2.14. The van der Waals surface area contributed by atoms with Crippen molar-refractivity contribution in [1.82, 2.24) is 0 Å². The third kappa shape index (κ3) is 4.10. The number of primary amides is 1. The fraction of sp³-hybridized carbons (Fsp3) is 0.133. The summed E-state index contributed by atoms with van der Waals surface area (Å²) in [5.74, 6) is 0.333. The molecule has 0 aliphatic heterocycles. The van der Waals surface area contributed by atoms with Crippen molar-refractivity contribution in [3.8, 4) is 5.75 Å². The van der Waals surface area contributed by atoms with Crippen LogP contribution >= 0.6 is 15.9 Å². The van der Waals surface area contributed by atoms with E-state index in [9.17, 15) is 4.79 Å². The SMILES string of the molecule is NC(=O)Cc1ccccc1OCc1cccc(Br)c1. The van der Waals surface area contributed by atoms with Gasteiger partial charge in [0.05, 0.1) is 6.42 Å². The highest BCUT2D eigenvalue weighted by molar-refractivity contribution is 9.10. The number of hydrogen-bond donors (Lipinski definition) is 1. The molecule has 0 radical (unpaired) electrons. The third-order valence-electron chi connectivity index (χ3n) is 2.62. The summed E-state index contributed by atoms with van der Waals surface area (Å²) in [4.78, 5) is 11.0. The number of benzene rings is 2. The second kappa shape index (κ2) is 6.38. The molecule has 4 heteroatoms. The van der Waals surface area contributed by atoms with E-state index in [1.165, 1.54) is 0 Å². The number of halogens is 1. The maximum absolute atomic E-state index is 11.0. The minimum Gasteiger partial charge on any atom is -0.489 e. The molecule has 2 N–H and O–H groups in total. The predicted molar refractivity (Wildman–Crippen MR) is 77.8 cm³/mol. The summed E-state index contributed by atoms with van der Waals surface area (Å²) < 4.78 is 6.76. The van der Waals surface area contributed by atoms with Crippen LogP contribution in [0.3, 0.4) is 0 Å². The normalized spacial score (nSPS) is 10.2. The fourth-order valence-electron chi connectivity index (χ4n) is 1.77. The summed E-state index contributed by atoms with van der Waals surface area (Å²) in [5, 5.41) is 0. The highest BCUT2D eigenvalue weighted by Gasteiger charge is 2.06. The van der Waals surface area contributed by atoms with Gasteiger partial charge in [-0.2, -0.15) is 0 Å². The number of rotatable bonds is 5. The van der Waals surface area contributed by atoms with Crippen LogP contribution in [-0.4, -0.2) is 5.91 Å². The summed E-state index contributed by atoms with van der Waals surface area (Å²) in [6.45, 7) is 0.454. The average Bonchev–Trinajstić information content (AvgIpc) is 2.37. The van der Waals surface area contributed by atoms with Crippen LogP contribution < -0.4 is 10.5 Å². The Morgan fingerprint density at radius 2 is 1.95 bits per heavy atom. The molecular weight excluding hydrogens is 306 g/mol. The molecule has 98 valence electrons. The molecule has 0 bridgehead atoms. The average molecular weight is 320 g/mol. The van der Waals surface area contributed by atoms with Crippen LogP contribution in [0.4, 0.5) is 0 Å². The summed E-state index contributed by atoms with van der Waals surface area (Å²) in [6.07, 6.45) is 0.189. The van der Waals surface area contributed by atoms with Gasteiger partial charge in [0.1, 0.15) is 12.4 Å². The lowest BCUT2D eigenvalue weighted by Gasteiger charge is -2.10. The molecule has 2 aromatic carbocycles. The molecule has 0 unspecified atom stereocenters. The van der Waals surface area contributed by atoms with Gasteiger partial charge in [0.2, 0.25) is 5.91 Å². The van der Waals surface area contributed by atoms with Crippen LogP contribution in [0.25, 0.3) is 0 Å². The van der Waals surface area contributed by atoms with Crippen molar-refractivity contribution >= 4 is 21.8 Å². The maximum atomic E-state index is 11.0. The predicted octanol–water partition coefficient (Wildman–Crippen LogP) is 3.06.